The van der Waals surface area contributed by atoms with Crippen LogP contribution in [-0.2, 0) is 4.74 Å². The standard InChI is InChI=1S/C17H10ClFO4S/c1-23-16(21)14-15(20)10-4-2-9(7-13(10)24-17(14)22)8-3-5-12(19)11(18)6-8/h2-7,22H,1H3. The molecule has 0 spiro atoms. The highest BCUT2D eigenvalue weighted by atomic mass is 35.5. The summed E-state index contributed by atoms with van der Waals surface area (Å²) in [7, 11) is 1.14. The number of methoxy groups -OCH3 is 1. The van der Waals surface area contributed by atoms with Gasteiger partial charge in [0.15, 0.2) is 10.6 Å². The summed E-state index contributed by atoms with van der Waals surface area (Å²) in [6, 6.07) is 9.18. The lowest BCUT2D eigenvalue weighted by molar-refractivity contribution is 0.0597. The van der Waals surface area contributed by atoms with E-state index in [2.05, 4.69) is 4.74 Å². The van der Waals surface area contributed by atoms with Gasteiger partial charge in [-0.25, -0.2) is 9.18 Å². The van der Waals surface area contributed by atoms with Crippen LogP contribution in [0, 0.1) is 5.82 Å². The molecule has 1 N–H and O–H groups in total. The number of rotatable bonds is 2. The van der Waals surface area contributed by atoms with Crippen LogP contribution in [0.5, 0.6) is 5.06 Å². The maximum absolute atomic E-state index is 13.3. The molecule has 0 atom stereocenters. The average Bonchev–Trinajstić information content (AvgIpc) is 2.56. The van der Waals surface area contributed by atoms with Gasteiger partial charge in [-0.05, 0) is 35.4 Å². The largest absolute Gasteiger partial charge is 0.499 e. The Morgan fingerprint density at radius 3 is 2.54 bits per heavy atom. The Labute approximate surface area is 144 Å². The first-order chi connectivity index (χ1) is 11.4. The molecule has 3 rings (SSSR count). The summed E-state index contributed by atoms with van der Waals surface area (Å²) in [5, 5.41) is 9.85. The van der Waals surface area contributed by atoms with E-state index in [1.165, 1.54) is 12.1 Å². The third-order valence-corrected chi connectivity index (χ3v) is 4.76. The molecule has 0 saturated heterocycles. The van der Waals surface area contributed by atoms with Crippen LogP contribution < -0.4 is 5.43 Å². The summed E-state index contributed by atoms with van der Waals surface area (Å²) >= 11 is 6.68. The minimum Gasteiger partial charge on any atom is -0.499 e. The summed E-state index contributed by atoms with van der Waals surface area (Å²) < 4.78 is 18.3. The summed E-state index contributed by atoms with van der Waals surface area (Å²) in [6.45, 7) is 0. The van der Waals surface area contributed by atoms with E-state index in [9.17, 15) is 19.1 Å². The van der Waals surface area contributed by atoms with Crippen molar-refractivity contribution in [2.45, 2.75) is 0 Å². The normalized spacial score (nSPS) is 10.8. The van der Waals surface area contributed by atoms with E-state index < -0.39 is 22.3 Å². The SMILES string of the molecule is COC(=O)c1c(O)sc2cc(-c3ccc(F)c(Cl)c3)ccc2c1=O. The maximum Gasteiger partial charge on any atom is 0.346 e. The van der Waals surface area contributed by atoms with Gasteiger partial charge in [0.2, 0.25) is 5.43 Å². The summed E-state index contributed by atoms with van der Waals surface area (Å²) in [5.41, 5.74) is 0.383. The highest BCUT2D eigenvalue weighted by Crippen LogP contribution is 2.32. The second-order valence-electron chi connectivity index (χ2n) is 4.94. The summed E-state index contributed by atoms with van der Waals surface area (Å²) in [4.78, 5) is 24.0. The molecule has 0 saturated carbocycles. The molecule has 3 aromatic rings. The Morgan fingerprint density at radius 1 is 1.21 bits per heavy atom. The van der Waals surface area contributed by atoms with E-state index in [4.69, 9.17) is 11.6 Å². The Kier molecular flexibility index (Phi) is 4.26. The van der Waals surface area contributed by atoms with Crippen molar-refractivity contribution in [3.05, 3.63) is 63.0 Å². The molecule has 0 amide bonds. The van der Waals surface area contributed by atoms with Crippen LogP contribution in [0.25, 0.3) is 21.2 Å². The molecule has 0 unspecified atom stereocenters. The molecule has 0 aliphatic rings. The first-order valence-corrected chi connectivity index (χ1v) is 7.95. The number of benzene rings is 2. The second-order valence-corrected chi connectivity index (χ2v) is 6.38. The van der Waals surface area contributed by atoms with E-state index in [0.29, 0.717) is 15.8 Å². The van der Waals surface area contributed by atoms with Gasteiger partial charge in [-0.2, -0.15) is 0 Å². The number of hydrogen-bond acceptors (Lipinski definition) is 5. The fourth-order valence-corrected chi connectivity index (χ4v) is 3.44. The summed E-state index contributed by atoms with van der Waals surface area (Å²) in [6.07, 6.45) is 0. The number of esters is 1. The molecular formula is C17H10ClFO4S. The van der Waals surface area contributed by atoms with Crippen molar-refractivity contribution in [2.75, 3.05) is 7.11 Å². The number of carbonyl (C=O) groups excluding carboxylic acids is 1. The van der Waals surface area contributed by atoms with E-state index in [0.717, 1.165) is 18.4 Å². The second kappa shape index (κ2) is 6.22. The highest BCUT2D eigenvalue weighted by Gasteiger charge is 2.20. The van der Waals surface area contributed by atoms with Gasteiger partial charge >= 0.3 is 5.97 Å². The molecule has 0 aliphatic heterocycles. The fraction of sp³-hybridized carbons (Fsp3) is 0.0588. The zero-order valence-electron chi connectivity index (χ0n) is 12.3. The van der Waals surface area contributed by atoms with Crippen LogP contribution in [0.2, 0.25) is 5.02 Å². The first kappa shape index (κ1) is 16.4. The first-order valence-electron chi connectivity index (χ1n) is 6.76. The number of carbonyl (C=O) groups is 1. The van der Waals surface area contributed by atoms with Crippen molar-refractivity contribution in [1.82, 2.24) is 0 Å². The minimum atomic E-state index is -0.884. The van der Waals surface area contributed by atoms with E-state index in [1.54, 1.807) is 24.3 Å². The van der Waals surface area contributed by atoms with Gasteiger partial charge in [-0.15, -0.1) is 0 Å². The van der Waals surface area contributed by atoms with Gasteiger partial charge in [-0.3, -0.25) is 4.79 Å². The van der Waals surface area contributed by atoms with Gasteiger partial charge in [0.25, 0.3) is 0 Å². The minimum absolute atomic E-state index is 0.00956. The van der Waals surface area contributed by atoms with Gasteiger partial charge in [0.1, 0.15) is 5.82 Å². The Bertz CT molecular complexity index is 1030. The average molecular weight is 365 g/mol. The lowest BCUT2D eigenvalue weighted by Gasteiger charge is -2.07. The molecule has 0 radical (unpaired) electrons. The van der Waals surface area contributed by atoms with Crippen molar-refractivity contribution >= 4 is 39.0 Å². The topological polar surface area (TPSA) is 63.6 Å². The number of halogens is 2. The maximum atomic E-state index is 13.3. The van der Waals surface area contributed by atoms with Crippen molar-refractivity contribution in [3.63, 3.8) is 0 Å². The monoisotopic (exact) mass is 364 g/mol. The van der Waals surface area contributed by atoms with E-state index >= 15 is 0 Å². The van der Waals surface area contributed by atoms with Gasteiger partial charge < -0.3 is 9.84 Å². The highest BCUT2D eigenvalue weighted by molar-refractivity contribution is 7.20. The van der Waals surface area contributed by atoms with Crippen molar-refractivity contribution in [1.29, 1.82) is 0 Å². The molecule has 1 heterocycles. The molecule has 122 valence electrons. The lowest BCUT2D eigenvalue weighted by Crippen LogP contribution is -2.15. The predicted molar refractivity (Wildman–Crippen MR) is 91.5 cm³/mol. The third kappa shape index (κ3) is 2.74. The van der Waals surface area contributed by atoms with Crippen molar-refractivity contribution in [3.8, 4) is 16.2 Å². The number of fused-ring (bicyclic) bond motifs is 1. The van der Waals surface area contributed by atoms with Crippen LogP contribution in [0.3, 0.4) is 0 Å². The zero-order valence-corrected chi connectivity index (χ0v) is 13.9. The van der Waals surface area contributed by atoms with Crippen LogP contribution in [0.4, 0.5) is 4.39 Å². The van der Waals surface area contributed by atoms with E-state index in [1.807, 2.05) is 0 Å². The Hall–Kier alpha value is -2.44. The Balaban J connectivity index is 2.21. The summed E-state index contributed by atoms with van der Waals surface area (Å²) in [5.74, 6) is -1.41. The van der Waals surface area contributed by atoms with Crippen LogP contribution in [0.1, 0.15) is 10.4 Å². The van der Waals surface area contributed by atoms with Crippen LogP contribution >= 0.6 is 22.9 Å². The fourth-order valence-electron chi connectivity index (χ4n) is 2.32. The smallest absolute Gasteiger partial charge is 0.346 e. The molecule has 0 fully saturated rings. The molecule has 4 nitrogen and oxygen atoms in total. The number of aromatic hydroxyl groups is 1. The third-order valence-electron chi connectivity index (χ3n) is 3.52. The zero-order chi connectivity index (χ0) is 17.4. The Morgan fingerprint density at radius 2 is 1.88 bits per heavy atom. The molecular weight excluding hydrogens is 355 g/mol. The molecule has 0 aliphatic carbocycles. The number of ether oxygens (including phenoxy) is 1. The van der Waals surface area contributed by atoms with E-state index in [-0.39, 0.29) is 16.0 Å². The van der Waals surface area contributed by atoms with Crippen molar-refractivity contribution < 1.29 is 19.0 Å². The lowest BCUT2D eigenvalue weighted by atomic mass is 10.0. The van der Waals surface area contributed by atoms with Crippen LogP contribution in [-0.4, -0.2) is 18.2 Å². The number of hydrogen-bond donors (Lipinski definition) is 1. The molecule has 1 aromatic heterocycles. The predicted octanol–water partition coefficient (Wildman–Crippen LogP) is 4.21. The van der Waals surface area contributed by atoms with Gasteiger partial charge in [-0.1, -0.05) is 35.1 Å². The van der Waals surface area contributed by atoms with Gasteiger partial charge in [0, 0.05) is 10.1 Å². The van der Waals surface area contributed by atoms with Gasteiger partial charge in [0.05, 0.1) is 12.1 Å². The van der Waals surface area contributed by atoms with Crippen LogP contribution in [0.15, 0.2) is 41.2 Å². The molecule has 2 aromatic carbocycles. The molecule has 0 bridgehead atoms. The molecule has 24 heavy (non-hydrogen) atoms. The van der Waals surface area contributed by atoms with Crippen molar-refractivity contribution in [2.24, 2.45) is 0 Å². The molecule has 7 heteroatoms. The quantitative estimate of drug-likeness (QED) is 0.692.